The van der Waals surface area contributed by atoms with Crippen molar-refractivity contribution >= 4 is 5.78 Å². The zero-order valence-electron chi connectivity index (χ0n) is 14.8. The van der Waals surface area contributed by atoms with Crippen LogP contribution in [0.15, 0.2) is 36.0 Å². The number of carbonyl (C=O) groups excluding carboxylic acids is 1. The van der Waals surface area contributed by atoms with E-state index in [4.69, 9.17) is 0 Å². The second kappa shape index (κ2) is 5.98. The molecule has 24 heavy (non-hydrogen) atoms. The van der Waals surface area contributed by atoms with Gasteiger partial charge in [0.2, 0.25) is 0 Å². The fraction of sp³-hybridized carbons (Fsp3) is 0.682. The van der Waals surface area contributed by atoms with E-state index in [1.54, 1.807) is 5.57 Å². The number of aliphatic hydroxyl groups is 1. The molecule has 2 nitrogen and oxygen atoms in total. The van der Waals surface area contributed by atoms with Crippen molar-refractivity contribution in [2.24, 2.45) is 29.1 Å². The first-order valence-corrected chi connectivity index (χ1v) is 9.77. The van der Waals surface area contributed by atoms with E-state index >= 15 is 0 Å². The predicted molar refractivity (Wildman–Crippen MR) is 96.4 cm³/mol. The Labute approximate surface area is 145 Å². The molecule has 0 aromatic rings. The minimum atomic E-state index is -0.196. The molecule has 0 aromatic heterocycles. The van der Waals surface area contributed by atoms with Crippen molar-refractivity contribution in [1.82, 2.24) is 0 Å². The molecular weight excluding hydrogens is 296 g/mol. The third-order valence-corrected chi connectivity index (χ3v) is 7.56. The highest BCUT2D eigenvalue weighted by Gasteiger charge is 2.54. The van der Waals surface area contributed by atoms with E-state index in [0.29, 0.717) is 29.5 Å². The second-order valence-corrected chi connectivity index (χ2v) is 8.72. The van der Waals surface area contributed by atoms with Crippen molar-refractivity contribution in [1.29, 1.82) is 0 Å². The molecule has 0 spiro atoms. The van der Waals surface area contributed by atoms with Gasteiger partial charge in [-0.3, -0.25) is 4.79 Å². The van der Waals surface area contributed by atoms with Gasteiger partial charge in [-0.25, -0.2) is 0 Å². The molecule has 1 N–H and O–H groups in total. The largest absolute Gasteiger partial charge is 0.392 e. The fourth-order valence-electron chi connectivity index (χ4n) is 6.30. The number of ketones is 1. The van der Waals surface area contributed by atoms with Gasteiger partial charge in [-0.15, -0.1) is 6.58 Å². The number of aliphatic hydroxyl groups excluding tert-OH is 1. The lowest BCUT2D eigenvalue weighted by atomic mass is 9.51. The van der Waals surface area contributed by atoms with Crippen LogP contribution in [-0.2, 0) is 4.79 Å². The number of fused-ring (bicyclic) bond motifs is 5. The molecule has 4 aliphatic carbocycles. The molecular formula is C22H30O2. The molecule has 2 saturated carbocycles. The summed E-state index contributed by atoms with van der Waals surface area (Å²) < 4.78 is 0. The Balaban J connectivity index is 1.71. The van der Waals surface area contributed by atoms with Crippen LogP contribution in [0.25, 0.3) is 0 Å². The van der Waals surface area contributed by atoms with E-state index in [0.717, 1.165) is 44.9 Å². The smallest absolute Gasteiger partial charge is 0.155 e. The van der Waals surface area contributed by atoms with Gasteiger partial charge in [0.15, 0.2) is 5.78 Å². The normalized spacial score (nSPS) is 44.1. The number of hydrogen-bond donors (Lipinski definition) is 1. The Morgan fingerprint density at radius 3 is 3.04 bits per heavy atom. The summed E-state index contributed by atoms with van der Waals surface area (Å²) in [5.74, 6) is 2.83. The molecule has 6 atom stereocenters. The van der Waals surface area contributed by atoms with Crippen molar-refractivity contribution < 1.29 is 9.90 Å². The van der Waals surface area contributed by atoms with Gasteiger partial charge in [0.05, 0.1) is 6.10 Å². The molecule has 0 bridgehead atoms. The number of rotatable bonds is 3. The van der Waals surface area contributed by atoms with Gasteiger partial charge in [-0.05, 0) is 74.7 Å². The third-order valence-electron chi connectivity index (χ3n) is 7.56. The molecule has 2 heteroatoms. The SMILES string of the molecule is C=CCCC1CC2=CC(=O)CC[C@@H]2[C@H]2CC[C@@]3(C)C(=CCC3O)[C@H]12. The lowest BCUT2D eigenvalue weighted by Gasteiger charge is -2.54. The molecule has 0 saturated heterocycles. The van der Waals surface area contributed by atoms with Gasteiger partial charge >= 0.3 is 0 Å². The van der Waals surface area contributed by atoms with E-state index in [9.17, 15) is 9.90 Å². The maximum absolute atomic E-state index is 11.9. The van der Waals surface area contributed by atoms with Crippen LogP contribution in [0.4, 0.5) is 0 Å². The highest BCUT2D eigenvalue weighted by atomic mass is 16.3. The van der Waals surface area contributed by atoms with Crippen molar-refractivity contribution in [2.45, 2.75) is 64.4 Å². The summed E-state index contributed by atoms with van der Waals surface area (Å²) in [4.78, 5) is 11.9. The summed E-state index contributed by atoms with van der Waals surface area (Å²) in [6, 6.07) is 0. The van der Waals surface area contributed by atoms with Crippen LogP contribution in [0, 0.1) is 29.1 Å². The molecule has 2 unspecified atom stereocenters. The topological polar surface area (TPSA) is 37.3 Å². The Morgan fingerprint density at radius 1 is 1.42 bits per heavy atom. The van der Waals surface area contributed by atoms with Gasteiger partial charge in [-0.1, -0.05) is 30.2 Å². The summed E-state index contributed by atoms with van der Waals surface area (Å²) in [6.07, 6.45) is 14.4. The summed E-state index contributed by atoms with van der Waals surface area (Å²) in [5.41, 5.74) is 2.99. The predicted octanol–water partition coefficient (Wildman–Crippen LogP) is 4.60. The monoisotopic (exact) mass is 326 g/mol. The number of hydrogen-bond acceptors (Lipinski definition) is 2. The first kappa shape index (κ1) is 16.3. The first-order valence-electron chi connectivity index (χ1n) is 9.77. The van der Waals surface area contributed by atoms with Crippen molar-refractivity contribution in [2.75, 3.05) is 0 Å². The van der Waals surface area contributed by atoms with E-state index < -0.39 is 0 Å². The Hall–Kier alpha value is -1.15. The minimum Gasteiger partial charge on any atom is -0.392 e. The van der Waals surface area contributed by atoms with Crippen LogP contribution in [0.2, 0.25) is 0 Å². The Morgan fingerprint density at radius 2 is 2.25 bits per heavy atom. The molecule has 0 amide bonds. The average Bonchev–Trinajstić information content (AvgIpc) is 2.87. The van der Waals surface area contributed by atoms with Gasteiger partial charge in [0.1, 0.15) is 0 Å². The van der Waals surface area contributed by atoms with Crippen LogP contribution in [-0.4, -0.2) is 17.0 Å². The molecule has 2 fully saturated rings. The summed E-state index contributed by atoms with van der Waals surface area (Å²) in [5, 5.41) is 10.6. The first-order chi connectivity index (χ1) is 11.5. The molecule has 4 aliphatic rings. The Kier molecular flexibility index (Phi) is 4.07. The van der Waals surface area contributed by atoms with Crippen molar-refractivity contribution in [3.8, 4) is 0 Å². The summed E-state index contributed by atoms with van der Waals surface area (Å²) >= 11 is 0. The van der Waals surface area contributed by atoms with Crippen molar-refractivity contribution in [3.63, 3.8) is 0 Å². The molecule has 0 heterocycles. The molecule has 4 rings (SSSR count). The zero-order valence-corrected chi connectivity index (χ0v) is 14.8. The summed E-state index contributed by atoms with van der Waals surface area (Å²) in [7, 11) is 0. The standard InChI is InChI=1S/C22H30O2/c1-3-4-5-14-12-15-13-16(23)6-7-17(15)18-10-11-22(2)19(21(14)18)8-9-20(22)24/h3,8,13-14,17-18,20-21,24H,1,4-7,9-12H2,2H3/t14?,17-,18+,20?,21+,22-/m0/s1. The van der Waals surface area contributed by atoms with Crippen LogP contribution < -0.4 is 0 Å². The quantitative estimate of drug-likeness (QED) is 0.770. The number of allylic oxidation sites excluding steroid dienone is 3. The van der Waals surface area contributed by atoms with Crippen LogP contribution in [0.3, 0.4) is 0 Å². The van der Waals surface area contributed by atoms with Gasteiger partial charge in [0, 0.05) is 11.8 Å². The van der Waals surface area contributed by atoms with E-state index in [-0.39, 0.29) is 11.5 Å². The second-order valence-electron chi connectivity index (χ2n) is 8.72. The van der Waals surface area contributed by atoms with Crippen LogP contribution >= 0.6 is 0 Å². The maximum Gasteiger partial charge on any atom is 0.155 e. The van der Waals surface area contributed by atoms with Gasteiger partial charge in [-0.2, -0.15) is 0 Å². The zero-order chi connectivity index (χ0) is 16.9. The molecule has 0 aromatic carbocycles. The van der Waals surface area contributed by atoms with Gasteiger partial charge < -0.3 is 5.11 Å². The summed E-state index contributed by atoms with van der Waals surface area (Å²) in [6.45, 7) is 6.20. The Bertz CT molecular complexity index is 613. The highest BCUT2D eigenvalue weighted by Crippen LogP contribution is 2.61. The molecule has 130 valence electrons. The lowest BCUT2D eigenvalue weighted by molar-refractivity contribution is -0.115. The third kappa shape index (κ3) is 2.37. The molecule has 0 aliphatic heterocycles. The van der Waals surface area contributed by atoms with Crippen LogP contribution in [0.5, 0.6) is 0 Å². The lowest BCUT2D eigenvalue weighted by Crippen LogP contribution is -2.47. The van der Waals surface area contributed by atoms with Gasteiger partial charge in [0.25, 0.3) is 0 Å². The average molecular weight is 326 g/mol. The fourth-order valence-corrected chi connectivity index (χ4v) is 6.30. The minimum absolute atomic E-state index is 0.000695. The maximum atomic E-state index is 11.9. The molecule has 0 radical (unpaired) electrons. The van der Waals surface area contributed by atoms with E-state index in [1.165, 1.54) is 12.0 Å². The van der Waals surface area contributed by atoms with E-state index in [1.807, 2.05) is 12.2 Å². The highest BCUT2D eigenvalue weighted by molar-refractivity contribution is 5.91. The van der Waals surface area contributed by atoms with E-state index in [2.05, 4.69) is 19.6 Å². The van der Waals surface area contributed by atoms with Crippen molar-refractivity contribution in [3.05, 3.63) is 36.0 Å². The number of carbonyl (C=O) groups is 1. The van der Waals surface area contributed by atoms with Crippen LogP contribution in [0.1, 0.15) is 58.3 Å².